The summed E-state index contributed by atoms with van der Waals surface area (Å²) in [6.07, 6.45) is -7.21. The van der Waals surface area contributed by atoms with Gasteiger partial charge in [0.05, 0.1) is 19.3 Å². The van der Waals surface area contributed by atoms with Crippen molar-refractivity contribution in [1.82, 2.24) is 0 Å². The number of para-hydroxylation sites is 1. The lowest BCUT2D eigenvalue weighted by Crippen LogP contribution is -3.00. The molecule has 0 fully saturated rings. The Hall–Kier alpha value is -5.11. The summed E-state index contributed by atoms with van der Waals surface area (Å²) < 4.78 is 304. The van der Waals surface area contributed by atoms with Gasteiger partial charge in [0, 0.05) is 21.3 Å². The van der Waals surface area contributed by atoms with Crippen molar-refractivity contribution in [3.63, 3.8) is 0 Å². The van der Waals surface area contributed by atoms with Crippen LogP contribution in [0.3, 0.4) is 0 Å². The van der Waals surface area contributed by atoms with Crippen LogP contribution < -0.4 is 31.9 Å². The highest BCUT2D eigenvalue weighted by atomic mass is 28.4. The summed E-state index contributed by atoms with van der Waals surface area (Å²) in [7, 11) is 0.341. The predicted molar refractivity (Wildman–Crippen MR) is 175 cm³/mol. The predicted octanol–water partition coefficient (Wildman–Crippen LogP) is 5.25. The van der Waals surface area contributed by atoms with Crippen molar-refractivity contribution in [2.75, 3.05) is 35.4 Å². The van der Waals surface area contributed by atoms with E-state index in [9.17, 15) is 39.5 Å². The molecule has 0 atom stereocenters. The second-order valence-electron chi connectivity index (χ2n) is 12.4. The highest BCUT2D eigenvalue weighted by Gasteiger charge is 2.55. The maximum Gasteiger partial charge on any atom is 0.542 e. The largest absolute Gasteiger partial charge is 0.542 e. The van der Waals surface area contributed by atoms with Gasteiger partial charge in [-0.1, -0.05) is 18.2 Å². The quantitative estimate of drug-likeness (QED) is 0.0951. The molecule has 0 amide bonds. The zero-order valence-electron chi connectivity index (χ0n) is 30.4. The van der Waals surface area contributed by atoms with Crippen LogP contribution in [0, 0.1) is 111 Å². The van der Waals surface area contributed by atoms with Crippen LogP contribution in [-0.4, -0.2) is 50.4 Å². The van der Waals surface area contributed by atoms with E-state index < -0.39 is 153 Å². The van der Waals surface area contributed by atoms with E-state index in [2.05, 4.69) is 51.6 Å². The van der Waals surface area contributed by atoms with Gasteiger partial charge in [-0.25, -0.2) is 83.4 Å². The molecule has 0 unspecified atom stereocenters. The zero-order valence-corrected chi connectivity index (χ0v) is 31.4. The number of rotatable bonds is 9. The molecule has 0 bridgehead atoms. The van der Waals surface area contributed by atoms with E-state index in [4.69, 9.17) is 0 Å². The second kappa shape index (κ2) is 17.5. The topological polar surface area (TPSA) is 32.1 Å². The first kappa shape index (κ1) is 47.6. The highest BCUT2D eigenvalue weighted by Crippen LogP contribution is 2.30. The van der Waals surface area contributed by atoms with Crippen molar-refractivity contribution in [1.29, 1.82) is 0 Å². The summed E-state index contributed by atoms with van der Waals surface area (Å²) in [5, 5.41) is -2.19. The lowest BCUT2D eigenvalue weighted by Gasteiger charge is -2.45. The van der Waals surface area contributed by atoms with E-state index in [1.807, 2.05) is 6.07 Å². The average Bonchev–Trinajstić information content (AvgIpc) is 3.23. The van der Waals surface area contributed by atoms with Gasteiger partial charge in [0.25, 0.3) is 0 Å². The first-order chi connectivity index (χ1) is 27.9. The van der Waals surface area contributed by atoms with Gasteiger partial charge in [-0.15, -0.1) is 21.9 Å². The van der Waals surface area contributed by atoms with Gasteiger partial charge < -0.3 is 18.2 Å². The first-order valence-electron chi connectivity index (χ1n) is 16.0. The maximum atomic E-state index is 16.4. The van der Waals surface area contributed by atoms with Gasteiger partial charge in [-0.05, 0) is 12.1 Å². The van der Waals surface area contributed by atoms with E-state index in [1.54, 1.807) is 0 Å². The molecule has 60 heavy (non-hydrogen) atoms. The number of benzene rings is 5. The van der Waals surface area contributed by atoms with Crippen LogP contribution in [0.1, 0.15) is 0 Å². The first-order valence-corrected chi connectivity index (χ1v) is 17.7. The standard InChI is InChI=1S/C27H9BF19O3Si.C8H11N/c1-48-51(49-2,50-3)27-25(46)14(35)7(15(36)26(27)47)28(4-8(29)16(37)22(43)17(38)9(4)30,5-10(31)18(39)23(44)19(40)11(5)32)6-12(33)20(41)24(45)21(42)13(6)34;1-9(2)8-6-4-3-5-7-8/h1-3H3;3-7H,1-2H3/q-1;/p+1. The molecule has 25 heteroatoms. The molecule has 0 radical (unpaired) electrons. The van der Waals surface area contributed by atoms with Gasteiger partial charge in [0.15, 0.2) is 64.0 Å². The van der Waals surface area contributed by atoms with Crippen molar-refractivity contribution in [2.24, 2.45) is 0 Å². The molecule has 5 aromatic carbocycles. The minimum atomic E-state index is -7.21. The lowest BCUT2D eigenvalue weighted by atomic mass is 9.12. The Kier molecular flexibility index (Phi) is 13.9. The van der Waals surface area contributed by atoms with Crippen LogP contribution in [0.2, 0.25) is 0 Å². The molecule has 0 aliphatic carbocycles. The summed E-state index contributed by atoms with van der Waals surface area (Å²) in [6, 6.07) is 10.4. The second-order valence-corrected chi connectivity index (χ2v) is 15.2. The number of quaternary nitrogens is 1. The van der Waals surface area contributed by atoms with Crippen LogP contribution in [0.5, 0.6) is 0 Å². The van der Waals surface area contributed by atoms with E-state index in [0.717, 1.165) is 0 Å². The lowest BCUT2D eigenvalue weighted by molar-refractivity contribution is -0.786. The number of hydrogen-bond acceptors (Lipinski definition) is 3. The van der Waals surface area contributed by atoms with Gasteiger partial charge in [0.2, 0.25) is 0 Å². The molecule has 0 saturated heterocycles. The minimum Gasteiger partial charge on any atom is -0.373 e. The van der Waals surface area contributed by atoms with Crippen molar-refractivity contribution >= 4 is 47.7 Å². The monoisotopic (exact) mass is 903 g/mol. The summed E-state index contributed by atoms with van der Waals surface area (Å²) in [5.41, 5.74) is -12.7. The van der Waals surface area contributed by atoms with Crippen molar-refractivity contribution in [3.05, 3.63) is 141 Å². The van der Waals surface area contributed by atoms with E-state index in [1.165, 1.54) is 10.6 Å². The summed E-state index contributed by atoms with van der Waals surface area (Å²) in [5.74, 6) is -66.3. The van der Waals surface area contributed by atoms with Gasteiger partial charge in [-0.3, -0.25) is 0 Å². The van der Waals surface area contributed by atoms with E-state index >= 15 is 43.9 Å². The Morgan fingerprint density at radius 2 is 0.567 bits per heavy atom. The molecule has 4 nitrogen and oxygen atoms in total. The Bertz CT molecular complexity index is 2220. The molecule has 5 aromatic rings. The molecule has 324 valence electrons. The third kappa shape index (κ3) is 7.07. The minimum absolute atomic E-state index is 0.495. The van der Waals surface area contributed by atoms with Gasteiger partial charge in [-0.2, -0.15) is 0 Å². The smallest absolute Gasteiger partial charge is 0.373 e. The molecule has 5 rings (SSSR count). The Balaban J connectivity index is 0.000000778. The van der Waals surface area contributed by atoms with Crippen LogP contribution in [-0.2, 0) is 13.3 Å². The molecule has 1 N–H and O–H groups in total. The third-order valence-electron chi connectivity index (χ3n) is 9.22. The van der Waals surface area contributed by atoms with Gasteiger partial charge in [0.1, 0.15) is 58.4 Å². The summed E-state index contributed by atoms with van der Waals surface area (Å²) >= 11 is 0. The van der Waals surface area contributed by atoms with Crippen molar-refractivity contribution < 1.29 is 102 Å². The molecular formula is C35H21BF19NO3Si. The molecule has 0 heterocycles. The normalized spacial score (nSPS) is 12.0. The molecule has 0 aromatic heterocycles. The van der Waals surface area contributed by atoms with Crippen LogP contribution in [0.4, 0.5) is 89.1 Å². The number of hydrogen-bond donors (Lipinski definition) is 1. The molecule has 0 aliphatic rings. The van der Waals surface area contributed by atoms with Crippen LogP contribution >= 0.6 is 0 Å². The fourth-order valence-electron chi connectivity index (χ4n) is 6.50. The Morgan fingerprint density at radius 1 is 0.350 bits per heavy atom. The number of halogens is 19. The molecule has 0 saturated carbocycles. The van der Waals surface area contributed by atoms with Crippen LogP contribution in [0.25, 0.3) is 0 Å². The molecular weight excluding hydrogens is 882 g/mol. The van der Waals surface area contributed by atoms with E-state index in [0.29, 0.717) is 21.3 Å². The SMILES string of the molecule is CO[Si](OC)(OC)c1c(F)c(F)c([B-](c2c(F)c(F)c(F)c(F)c2F)(c2c(F)c(F)c(F)c(F)c2F)c2c(F)c(F)c(F)c(F)c2F)c(F)c1F.C[NH+](C)c1ccccc1. The summed E-state index contributed by atoms with van der Waals surface area (Å²) in [4.78, 5) is 1.37. The molecule has 0 aliphatic heterocycles. The highest BCUT2D eigenvalue weighted by molar-refractivity contribution is 7.20. The van der Waals surface area contributed by atoms with E-state index in [-0.39, 0.29) is 0 Å². The van der Waals surface area contributed by atoms with Gasteiger partial charge >= 0.3 is 8.80 Å². The van der Waals surface area contributed by atoms with Crippen LogP contribution in [0.15, 0.2) is 30.3 Å². The Morgan fingerprint density at radius 3 is 0.767 bits per heavy atom. The fourth-order valence-corrected chi connectivity index (χ4v) is 8.37. The van der Waals surface area contributed by atoms with Crippen molar-refractivity contribution in [2.45, 2.75) is 0 Å². The fraction of sp³-hybridized carbons (Fsp3) is 0.143. The van der Waals surface area contributed by atoms with Crippen molar-refractivity contribution in [3.8, 4) is 0 Å². The molecule has 0 spiro atoms. The zero-order chi connectivity index (χ0) is 45.7. The maximum absolute atomic E-state index is 16.4. The number of nitrogens with one attached hydrogen (secondary N) is 1. The Labute approximate surface area is 325 Å². The summed E-state index contributed by atoms with van der Waals surface area (Å²) in [6.45, 7) is 0. The average molecular weight is 903 g/mol. The third-order valence-corrected chi connectivity index (χ3v) is 11.9.